The van der Waals surface area contributed by atoms with Gasteiger partial charge in [0.15, 0.2) is 0 Å². The molecule has 0 unspecified atom stereocenters. The third-order valence-corrected chi connectivity index (χ3v) is 9.01. The Labute approximate surface area is 148 Å². The van der Waals surface area contributed by atoms with Gasteiger partial charge in [0.2, 0.25) is 5.79 Å². The molecule has 140 valence electrons. The Bertz CT molecular complexity index is 646. The molecule has 4 N–H and O–H groups in total. The van der Waals surface area contributed by atoms with E-state index in [0.29, 0.717) is 12.2 Å². The van der Waals surface area contributed by atoms with Gasteiger partial charge in [-0.1, -0.05) is 26.8 Å². The molecule has 0 radical (unpaired) electrons. The van der Waals surface area contributed by atoms with Gasteiger partial charge in [0, 0.05) is 17.3 Å². The number of hydrogen-bond donors (Lipinski definition) is 4. The summed E-state index contributed by atoms with van der Waals surface area (Å²) >= 11 is 0. The predicted molar refractivity (Wildman–Crippen MR) is 90.3 cm³/mol. The van der Waals surface area contributed by atoms with Gasteiger partial charge >= 0.3 is 0 Å². The van der Waals surface area contributed by atoms with Crippen LogP contribution in [0.1, 0.15) is 46.0 Å². The molecule has 9 atom stereocenters. The van der Waals surface area contributed by atoms with E-state index in [1.807, 2.05) is 0 Å². The van der Waals surface area contributed by atoms with Crippen LogP contribution in [0, 0.1) is 34.0 Å². The maximum absolute atomic E-state index is 11.7. The van der Waals surface area contributed by atoms with Crippen LogP contribution >= 0.6 is 0 Å². The Balaban J connectivity index is 1.78. The van der Waals surface area contributed by atoms with Crippen LogP contribution in [0.3, 0.4) is 0 Å². The summed E-state index contributed by atoms with van der Waals surface area (Å²) in [5, 5.41) is 45.3. The SMILES string of the molecule is C=C1[C@@H](O)[C@]23[C@H](O)[C@H]1CC[C@H]2[C@]12CCCC(C)(C)[C@H]1[C@H](O)[C@@]3(O)OC2. The highest BCUT2D eigenvalue weighted by Gasteiger charge is 2.85. The maximum Gasteiger partial charge on any atom is 0.203 e. The Morgan fingerprint density at radius 3 is 2.52 bits per heavy atom. The highest BCUT2D eigenvalue weighted by Crippen LogP contribution is 2.77. The van der Waals surface area contributed by atoms with E-state index >= 15 is 0 Å². The average Bonchev–Trinajstić information content (AvgIpc) is 2.66. The van der Waals surface area contributed by atoms with Crippen molar-refractivity contribution in [3.05, 3.63) is 12.2 Å². The molecule has 6 fully saturated rings. The second kappa shape index (κ2) is 4.50. The van der Waals surface area contributed by atoms with Crippen LogP contribution in [0.5, 0.6) is 0 Å². The van der Waals surface area contributed by atoms with Gasteiger partial charge in [-0.25, -0.2) is 0 Å². The summed E-state index contributed by atoms with van der Waals surface area (Å²) in [6.07, 6.45) is 1.51. The van der Waals surface area contributed by atoms with Crippen molar-refractivity contribution in [3.8, 4) is 0 Å². The van der Waals surface area contributed by atoms with Gasteiger partial charge in [0.05, 0.1) is 24.2 Å². The number of fused-ring (bicyclic) bond motifs is 2. The fourth-order valence-electron chi connectivity index (χ4n) is 8.25. The van der Waals surface area contributed by atoms with Crippen molar-refractivity contribution >= 4 is 0 Å². The lowest BCUT2D eigenvalue weighted by molar-refractivity contribution is -0.468. The molecule has 6 aliphatic rings. The number of aliphatic hydroxyl groups is 4. The fourth-order valence-corrected chi connectivity index (χ4v) is 8.25. The van der Waals surface area contributed by atoms with Crippen LogP contribution in [0.4, 0.5) is 0 Å². The zero-order valence-corrected chi connectivity index (χ0v) is 15.1. The van der Waals surface area contributed by atoms with Gasteiger partial charge in [0.25, 0.3) is 0 Å². The largest absolute Gasteiger partial charge is 0.392 e. The predicted octanol–water partition coefficient (Wildman–Crippen LogP) is 1.20. The van der Waals surface area contributed by atoms with E-state index in [9.17, 15) is 20.4 Å². The first-order valence-electron chi connectivity index (χ1n) is 9.74. The van der Waals surface area contributed by atoms with E-state index in [0.717, 1.165) is 32.1 Å². The molecule has 2 heterocycles. The third kappa shape index (κ3) is 1.46. The number of aliphatic hydroxyl groups excluding tert-OH is 3. The van der Waals surface area contributed by atoms with Crippen molar-refractivity contribution in [2.24, 2.45) is 34.0 Å². The average molecular weight is 350 g/mol. The van der Waals surface area contributed by atoms with Crippen LogP contribution in [0.25, 0.3) is 0 Å². The second-order valence-electron chi connectivity index (χ2n) is 10.1. The summed E-state index contributed by atoms with van der Waals surface area (Å²) in [6, 6.07) is 0. The van der Waals surface area contributed by atoms with Crippen molar-refractivity contribution in [1.29, 1.82) is 0 Å². The molecular weight excluding hydrogens is 320 g/mol. The zero-order valence-electron chi connectivity index (χ0n) is 15.1. The molecule has 25 heavy (non-hydrogen) atoms. The Kier molecular flexibility index (Phi) is 3.01. The molecule has 2 spiro atoms. The van der Waals surface area contributed by atoms with Gasteiger partial charge in [-0.3, -0.25) is 0 Å². The molecule has 4 saturated carbocycles. The van der Waals surface area contributed by atoms with Gasteiger partial charge in [-0.05, 0) is 42.6 Å². The van der Waals surface area contributed by atoms with E-state index in [4.69, 9.17) is 4.74 Å². The van der Waals surface area contributed by atoms with Crippen LogP contribution in [-0.2, 0) is 4.74 Å². The zero-order chi connectivity index (χ0) is 18.0. The van der Waals surface area contributed by atoms with E-state index in [2.05, 4.69) is 20.4 Å². The smallest absolute Gasteiger partial charge is 0.203 e. The quantitative estimate of drug-likeness (QED) is 0.493. The summed E-state index contributed by atoms with van der Waals surface area (Å²) in [6.45, 7) is 8.77. The van der Waals surface area contributed by atoms with Crippen molar-refractivity contribution in [3.63, 3.8) is 0 Å². The minimum Gasteiger partial charge on any atom is -0.392 e. The Morgan fingerprint density at radius 2 is 1.80 bits per heavy atom. The molecular formula is C20H30O5. The van der Waals surface area contributed by atoms with E-state index < -0.39 is 29.5 Å². The van der Waals surface area contributed by atoms with E-state index in [1.165, 1.54) is 0 Å². The standard InChI is InChI=1S/C20H30O5/c1-10-11-5-6-12-18-8-4-7-17(2,3)13(18)16(23)20(24,25-9-18)19(12,14(10)21)15(11)22/h11-16,21-24H,1,4-9H2,2-3H3/t11-,12-,13+,14+,15+,16-,18+,19-,20+/m0/s1. The molecule has 5 nitrogen and oxygen atoms in total. The van der Waals surface area contributed by atoms with Crippen LogP contribution in [0.15, 0.2) is 12.2 Å². The van der Waals surface area contributed by atoms with Gasteiger partial charge < -0.3 is 25.2 Å². The Hall–Kier alpha value is -0.460. The lowest BCUT2D eigenvalue weighted by Gasteiger charge is -2.75. The first kappa shape index (κ1) is 16.7. The van der Waals surface area contributed by atoms with E-state index in [1.54, 1.807) is 0 Å². The Morgan fingerprint density at radius 1 is 1.08 bits per heavy atom. The topological polar surface area (TPSA) is 90.2 Å². The minimum absolute atomic E-state index is 0.0628. The molecule has 4 bridgehead atoms. The first-order valence-corrected chi connectivity index (χ1v) is 9.74. The van der Waals surface area contributed by atoms with Crippen LogP contribution in [-0.4, -0.2) is 51.1 Å². The van der Waals surface area contributed by atoms with Gasteiger partial charge in [0.1, 0.15) is 6.10 Å². The number of hydrogen-bond acceptors (Lipinski definition) is 5. The summed E-state index contributed by atoms with van der Waals surface area (Å²) in [5.74, 6) is -2.30. The fraction of sp³-hybridized carbons (Fsp3) is 0.900. The normalized spacial score (nSPS) is 61.8. The first-order chi connectivity index (χ1) is 11.6. The van der Waals surface area contributed by atoms with Crippen LogP contribution < -0.4 is 0 Å². The molecule has 5 heteroatoms. The van der Waals surface area contributed by atoms with Crippen LogP contribution in [0.2, 0.25) is 0 Å². The number of rotatable bonds is 0. The van der Waals surface area contributed by atoms with Crippen molar-refractivity contribution in [1.82, 2.24) is 0 Å². The molecule has 4 aliphatic carbocycles. The summed E-state index contributed by atoms with van der Waals surface area (Å²) < 4.78 is 5.95. The molecule has 0 aromatic carbocycles. The molecule has 6 rings (SSSR count). The van der Waals surface area contributed by atoms with Gasteiger partial charge in [-0.15, -0.1) is 0 Å². The summed E-state index contributed by atoms with van der Waals surface area (Å²) in [7, 11) is 0. The van der Waals surface area contributed by atoms with E-state index in [-0.39, 0.29) is 28.6 Å². The second-order valence-corrected chi connectivity index (χ2v) is 10.1. The van der Waals surface area contributed by atoms with Crippen molar-refractivity contribution < 1.29 is 25.2 Å². The molecule has 0 amide bonds. The molecule has 2 saturated heterocycles. The molecule has 0 aromatic rings. The minimum atomic E-state index is -1.92. The van der Waals surface area contributed by atoms with Crippen molar-refractivity contribution in [2.75, 3.05) is 6.61 Å². The lowest BCUT2D eigenvalue weighted by Crippen LogP contribution is -2.84. The van der Waals surface area contributed by atoms with Gasteiger partial charge in [-0.2, -0.15) is 0 Å². The third-order valence-electron chi connectivity index (χ3n) is 9.01. The monoisotopic (exact) mass is 350 g/mol. The van der Waals surface area contributed by atoms with Crippen molar-refractivity contribution in [2.45, 2.75) is 70.1 Å². The maximum atomic E-state index is 11.7. The highest BCUT2D eigenvalue weighted by atomic mass is 16.6. The number of ether oxygens (including phenoxy) is 1. The lowest BCUT2D eigenvalue weighted by atomic mass is 9.36. The highest BCUT2D eigenvalue weighted by molar-refractivity contribution is 5.37. The molecule has 2 aliphatic heterocycles. The summed E-state index contributed by atoms with van der Waals surface area (Å²) in [5.41, 5.74) is -1.08. The summed E-state index contributed by atoms with van der Waals surface area (Å²) in [4.78, 5) is 0. The molecule has 0 aromatic heterocycles.